The Morgan fingerprint density at radius 2 is 1.88 bits per heavy atom. The Labute approximate surface area is 157 Å². The second-order valence-electron chi connectivity index (χ2n) is 6.43. The van der Waals surface area contributed by atoms with Gasteiger partial charge < -0.3 is 19.7 Å². The SMILES string of the molecule is O=C(c1cc(Nc2ccccc2Cl)ccn1)N1CCC2(CC1)OCCO2. The molecule has 1 aromatic carbocycles. The standard InChI is InChI=1S/C19H20ClN3O3/c20-15-3-1-2-4-16(15)22-14-5-8-21-17(13-14)18(24)23-9-6-19(7-10-23)25-11-12-26-19/h1-5,8,13H,6-7,9-12H2,(H,21,22). The van der Waals surface area contributed by atoms with E-state index in [9.17, 15) is 4.79 Å². The number of hydrogen-bond donors (Lipinski definition) is 1. The van der Waals surface area contributed by atoms with E-state index in [0.29, 0.717) is 49.9 Å². The van der Waals surface area contributed by atoms with E-state index in [0.717, 1.165) is 11.4 Å². The highest BCUT2D eigenvalue weighted by molar-refractivity contribution is 6.33. The van der Waals surface area contributed by atoms with Crippen molar-refractivity contribution >= 4 is 28.9 Å². The summed E-state index contributed by atoms with van der Waals surface area (Å²) in [7, 11) is 0. The van der Waals surface area contributed by atoms with E-state index in [1.165, 1.54) is 0 Å². The predicted octanol–water partition coefficient (Wildman–Crippen LogP) is 3.46. The van der Waals surface area contributed by atoms with E-state index in [2.05, 4.69) is 10.3 Å². The topological polar surface area (TPSA) is 63.7 Å². The van der Waals surface area contributed by atoms with Crippen molar-refractivity contribution < 1.29 is 14.3 Å². The summed E-state index contributed by atoms with van der Waals surface area (Å²) in [6.07, 6.45) is 3.01. The number of aromatic nitrogens is 1. The van der Waals surface area contributed by atoms with Gasteiger partial charge in [-0.2, -0.15) is 0 Å². The van der Waals surface area contributed by atoms with Crippen molar-refractivity contribution in [3.63, 3.8) is 0 Å². The maximum absolute atomic E-state index is 12.8. The van der Waals surface area contributed by atoms with E-state index in [1.807, 2.05) is 30.3 Å². The summed E-state index contributed by atoms with van der Waals surface area (Å²) in [6, 6.07) is 11.0. The zero-order valence-corrected chi connectivity index (χ0v) is 15.0. The fraction of sp³-hybridized carbons (Fsp3) is 0.368. The number of ether oxygens (including phenoxy) is 2. The third-order valence-electron chi connectivity index (χ3n) is 4.76. The van der Waals surface area contributed by atoms with Crippen LogP contribution in [-0.4, -0.2) is 47.9 Å². The highest BCUT2D eigenvalue weighted by Gasteiger charge is 2.41. The van der Waals surface area contributed by atoms with Gasteiger partial charge in [0, 0.05) is 37.8 Å². The molecule has 3 heterocycles. The first kappa shape index (κ1) is 17.3. The van der Waals surface area contributed by atoms with Crippen LogP contribution in [0.15, 0.2) is 42.6 Å². The molecule has 136 valence electrons. The molecule has 1 spiro atoms. The minimum Gasteiger partial charge on any atom is -0.354 e. The number of nitrogens with zero attached hydrogens (tertiary/aromatic N) is 2. The average Bonchev–Trinajstić information content (AvgIpc) is 3.12. The molecule has 2 fully saturated rings. The maximum atomic E-state index is 12.8. The summed E-state index contributed by atoms with van der Waals surface area (Å²) < 4.78 is 11.4. The van der Waals surface area contributed by atoms with Gasteiger partial charge in [0.1, 0.15) is 5.69 Å². The van der Waals surface area contributed by atoms with Crippen molar-refractivity contribution in [2.45, 2.75) is 18.6 Å². The molecule has 0 atom stereocenters. The molecule has 1 amide bonds. The van der Waals surface area contributed by atoms with Crippen LogP contribution in [0.3, 0.4) is 0 Å². The van der Waals surface area contributed by atoms with Crippen LogP contribution in [0, 0.1) is 0 Å². The smallest absolute Gasteiger partial charge is 0.272 e. The van der Waals surface area contributed by atoms with E-state index in [-0.39, 0.29) is 5.91 Å². The van der Waals surface area contributed by atoms with Gasteiger partial charge >= 0.3 is 0 Å². The number of carbonyl (C=O) groups is 1. The Bertz CT molecular complexity index is 798. The number of carbonyl (C=O) groups excluding carboxylic acids is 1. The van der Waals surface area contributed by atoms with Gasteiger partial charge in [-0.15, -0.1) is 0 Å². The van der Waals surface area contributed by atoms with Crippen LogP contribution in [0.5, 0.6) is 0 Å². The van der Waals surface area contributed by atoms with Gasteiger partial charge in [0.25, 0.3) is 5.91 Å². The summed E-state index contributed by atoms with van der Waals surface area (Å²) in [5.74, 6) is -0.571. The number of para-hydroxylation sites is 1. The van der Waals surface area contributed by atoms with Crippen molar-refractivity contribution in [1.29, 1.82) is 0 Å². The van der Waals surface area contributed by atoms with E-state index >= 15 is 0 Å². The molecule has 1 aromatic heterocycles. The van der Waals surface area contributed by atoms with Gasteiger partial charge in [0.2, 0.25) is 0 Å². The van der Waals surface area contributed by atoms with Gasteiger partial charge in [-0.1, -0.05) is 23.7 Å². The third kappa shape index (κ3) is 3.53. The molecule has 2 aliphatic heterocycles. The molecule has 0 radical (unpaired) electrons. The van der Waals surface area contributed by atoms with Crippen molar-refractivity contribution in [2.75, 3.05) is 31.6 Å². The molecule has 6 nitrogen and oxygen atoms in total. The lowest BCUT2D eigenvalue weighted by Gasteiger charge is -2.37. The number of pyridine rings is 1. The van der Waals surface area contributed by atoms with Crippen LogP contribution < -0.4 is 5.32 Å². The van der Waals surface area contributed by atoms with Crippen LogP contribution in [0.2, 0.25) is 5.02 Å². The molecule has 0 saturated carbocycles. The Kier molecular flexibility index (Phi) is 4.80. The molecular formula is C19H20ClN3O3. The molecule has 1 N–H and O–H groups in total. The number of rotatable bonds is 3. The summed E-state index contributed by atoms with van der Waals surface area (Å²) in [5, 5.41) is 3.85. The molecule has 0 aliphatic carbocycles. The molecule has 0 unspecified atom stereocenters. The number of benzene rings is 1. The molecule has 4 rings (SSSR count). The number of halogens is 1. The second-order valence-corrected chi connectivity index (χ2v) is 6.84. The first-order valence-corrected chi connectivity index (χ1v) is 9.08. The average molecular weight is 374 g/mol. The van der Waals surface area contributed by atoms with E-state index < -0.39 is 5.79 Å². The maximum Gasteiger partial charge on any atom is 0.272 e. The normalized spacial score (nSPS) is 18.9. The Morgan fingerprint density at radius 3 is 2.62 bits per heavy atom. The lowest BCUT2D eigenvalue weighted by molar-refractivity contribution is -0.181. The number of likely N-dealkylation sites (tertiary alicyclic amines) is 1. The summed E-state index contributed by atoms with van der Waals surface area (Å²) >= 11 is 6.18. The van der Waals surface area contributed by atoms with Crippen LogP contribution in [0.1, 0.15) is 23.3 Å². The minimum absolute atomic E-state index is 0.0827. The van der Waals surface area contributed by atoms with Crippen LogP contribution in [0.25, 0.3) is 0 Å². The fourth-order valence-corrected chi connectivity index (χ4v) is 3.52. The summed E-state index contributed by atoms with van der Waals surface area (Å²) in [5.41, 5.74) is 1.97. The highest BCUT2D eigenvalue weighted by atomic mass is 35.5. The van der Waals surface area contributed by atoms with Crippen LogP contribution >= 0.6 is 11.6 Å². The molecule has 0 bridgehead atoms. The van der Waals surface area contributed by atoms with Crippen molar-refractivity contribution in [2.24, 2.45) is 0 Å². The van der Waals surface area contributed by atoms with Crippen LogP contribution in [0.4, 0.5) is 11.4 Å². The largest absolute Gasteiger partial charge is 0.354 e. The van der Waals surface area contributed by atoms with Crippen molar-refractivity contribution in [3.05, 3.63) is 53.3 Å². The monoisotopic (exact) mass is 373 g/mol. The number of amides is 1. The lowest BCUT2D eigenvalue weighted by atomic mass is 10.0. The van der Waals surface area contributed by atoms with Crippen molar-refractivity contribution in [3.8, 4) is 0 Å². The Hall–Kier alpha value is -2.15. The van der Waals surface area contributed by atoms with E-state index in [1.54, 1.807) is 17.2 Å². The number of hydrogen-bond acceptors (Lipinski definition) is 5. The van der Waals surface area contributed by atoms with Gasteiger partial charge in [0.15, 0.2) is 5.79 Å². The number of piperidine rings is 1. The zero-order chi connectivity index (χ0) is 18.0. The lowest BCUT2D eigenvalue weighted by Crippen LogP contribution is -2.47. The van der Waals surface area contributed by atoms with Gasteiger partial charge in [-0.25, -0.2) is 0 Å². The molecule has 2 aromatic rings. The summed E-state index contributed by atoms with van der Waals surface area (Å²) in [6.45, 7) is 2.46. The molecule has 7 heteroatoms. The van der Waals surface area contributed by atoms with Gasteiger partial charge in [-0.05, 0) is 24.3 Å². The van der Waals surface area contributed by atoms with E-state index in [4.69, 9.17) is 21.1 Å². The molecule has 2 saturated heterocycles. The Morgan fingerprint density at radius 1 is 1.15 bits per heavy atom. The highest BCUT2D eigenvalue weighted by Crippen LogP contribution is 2.32. The summed E-state index contributed by atoms with van der Waals surface area (Å²) in [4.78, 5) is 18.8. The van der Waals surface area contributed by atoms with Gasteiger partial charge in [0.05, 0.1) is 23.9 Å². The molecule has 2 aliphatic rings. The first-order chi connectivity index (χ1) is 12.7. The third-order valence-corrected chi connectivity index (χ3v) is 5.09. The first-order valence-electron chi connectivity index (χ1n) is 8.70. The van der Waals surface area contributed by atoms with Crippen molar-refractivity contribution in [1.82, 2.24) is 9.88 Å². The van der Waals surface area contributed by atoms with Crippen LogP contribution in [-0.2, 0) is 9.47 Å². The molecular weight excluding hydrogens is 354 g/mol. The van der Waals surface area contributed by atoms with Gasteiger partial charge in [-0.3, -0.25) is 9.78 Å². The zero-order valence-electron chi connectivity index (χ0n) is 14.3. The quantitative estimate of drug-likeness (QED) is 0.892. The Balaban J connectivity index is 1.44. The minimum atomic E-state index is -0.488. The second kappa shape index (κ2) is 7.23. The molecule has 26 heavy (non-hydrogen) atoms. The number of anilines is 2. The number of nitrogens with one attached hydrogen (secondary N) is 1. The predicted molar refractivity (Wildman–Crippen MR) is 98.7 cm³/mol. The fourth-order valence-electron chi connectivity index (χ4n) is 3.34.